The molecule has 1 aromatic heterocycles. The molecule has 0 saturated heterocycles. The highest BCUT2D eigenvalue weighted by molar-refractivity contribution is 7.91. The van der Waals surface area contributed by atoms with Crippen molar-refractivity contribution in [1.82, 2.24) is 9.97 Å². The van der Waals surface area contributed by atoms with Crippen LogP contribution < -0.4 is 4.74 Å². The van der Waals surface area contributed by atoms with Gasteiger partial charge in [-0.15, -0.1) is 0 Å². The van der Waals surface area contributed by atoms with Crippen LogP contribution in [0.1, 0.15) is 31.6 Å². The predicted octanol–water partition coefficient (Wildman–Crippen LogP) is 0.734. The first-order chi connectivity index (χ1) is 8.48. The number of aromatic nitrogens is 2. The van der Waals surface area contributed by atoms with Crippen molar-refractivity contribution in [2.75, 3.05) is 18.6 Å². The van der Waals surface area contributed by atoms with Crippen LogP contribution in [-0.2, 0) is 9.84 Å². The maximum Gasteiger partial charge on any atom is 0.216 e. The molecule has 0 aliphatic rings. The molecule has 0 bridgehead atoms. The Bertz CT molecular complexity index is 476. The average molecular weight is 274 g/mol. The topological polar surface area (TPSA) is 89.4 Å². The zero-order chi connectivity index (χ0) is 13.6. The van der Waals surface area contributed by atoms with Gasteiger partial charge >= 0.3 is 0 Å². The van der Waals surface area contributed by atoms with Gasteiger partial charge in [0.15, 0.2) is 0 Å². The molecule has 0 aromatic carbocycles. The third kappa shape index (κ3) is 4.58. The fourth-order valence-corrected chi connectivity index (χ4v) is 2.33. The summed E-state index contributed by atoms with van der Waals surface area (Å²) in [4.78, 5) is 7.76. The molecule has 0 aliphatic carbocycles. The van der Waals surface area contributed by atoms with E-state index in [0.717, 1.165) is 0 Å². The van der Waals surface area contributed by atoms with Crippen LogP contribution in [0.15, 0.2) is 12.4 Å². The highest BCUT2D eigenvalue weighted by Crippen LogP contribution is 2.18. The van der Waals surface area contributed by atoms with Crippen molar-refractivity contribution in [2.24, 2.45) is 0 Å². The fraction of sp³-hybridized carbons (Fsp3) is 0.636. The summed E-state index contributed by atoms with van der Waals surface area (Å²) in [6.07, 6.45) is 1.26. The Balaban J connectivity index is 2.52. The molecular formula is C11H18N2O4S. The van der Waals surface area contributed by atoms with E-state index in [1.807, 2.05) is 0 Å². The molecule has 0 saturated carbocycles. The van der Waals surface area contributed by atoms with E-state index in [0.29, 0.717) is 24.4 Å². The Kier molecular flexibility index (Phi) is 5.49. The summed E-state index contributed by atoms with van der Waals surface area (Å²) >= 11 is 0. The number of nitrogens with zero attached hydrogens (tertiary/aromatic N) is 2. The lowest BCUT2D eigenvalue weighted by molar-refractivity contribution is 0.161. The van der Waals surface area contributed by atoms with E-state index in [4.69, 9.17) is 4.74 Å². The molecule has 0 aliphatic heterocycles. The van der Waals surface area contributed by atoms with Crippen molar-refractivity contribution in [3.63, 3.8) is 0 Å². The number of hydrogen-bond donors (Lipinski definition) is 1. The molecule has 1 N–H and O–H groups in total. The molecule has 1 atom stereocenters. The van der Waals surface area contributed by atoms with Crippen LogP contribution >= 0.6 is 0 Å². The highest BCUT2D eigenvalue weighted by atomic mass is 32.2. The Morgan fingerprint density at radius 2 is 2.17 bits per heavy atom. The molecule has 0 amide bonds. The number of ether oxygens (including phenoxy) is 1. The Labute approximate surface area is 107 Å². The van der Waals surface area contributed by atoms with Crippen LogP contribution in [0.3, 0.4) is 0 Å². The first-order valence-electron chi connectivity index (χ1n) is 5.73. The first-order valence-corrected chi connectivity index (χ1v) is 7.55. The van der Waals surface area contributed by atoms with Gasteiger partial charge in [0.25, 0.3) is 0 Å². The van der Waals surface area contributed by atoms with Crippen molar-refractivity contribution in [3.05, 3.63) is 18.1 Å². The van der Waals surface area contributed by atoms with Crippen LogP contribution in [0.2, 0.25) is 0 Å². The average Bonchev–Trinajstić information content (AvgIpc) is 2.38. The van der Waals surface area contributed by atoms with E-state index in [1.165, 1.54) is 13.4 Å². The summed E-state index contributed by atoms with van der Waals surface area (Å²) in [6, 6.07) is 1.54. The Hall–Kier alpha value is -1.21. The molecule has 0 fully saturated rings. The van der Waals surface area contributed by atoms with E-state index in [-0.39, 0.29) is 11.5 Å². The van der Waals surface area contributed by atoms with Gasteiger partial charge in [-0.3, -0.25) is 0 Å². The lowest BCUT2D eigenvalue weighted by atomic mass is 10.1. The smallest absolute Gasteiger partial charge is 0.216 e. The normalized spacial score (nSPS) is 13.3. The van der Waals surface area contributed by atoms with Crippen LogP contribution in [0.4, 0.5) is 0 Å². The van der Waals surface area contributed by atoms with Crippen LogP contribution in [0.5, 0.6) is 5.88 Å². The SMILES string of the molecule is CCS(=O)(=O)CCCC(O)c1cc(OC)ncn1. The largest absolute Gasteiger partial charge is 0.481 e. The van der Waals surface area contributed by atoms with Gasteiger partial charge < -0.3 is 9.84 Å². The van der Waals surface area contributed by atoms with Crippen molar-refractivity contribution in [2.45, 2.75) is 25.9 Å². The molecule has 102 valence electrons. The summed E-state index contributed by atoms with van der Waals surface area (Å²) in [6.45, 7) is 1.61. The number of aliphatic hydroxyl groups excluding tert-OH is 1. The summed E-state index contributed by atoms with van der Waals surface area (Å²) < 4.78 is 27.5. The molecule has 18 heavy (non-hydrogen) atoms. The summed E-state index contributed by atoms with van der Waals surface area (Å²) in [5.41, 5.74) is 0.441. The Morgan fingerprint density at radius 3 is 2.78 bits per heavy atom. The lowest BCUT2D eigenvalue weighted by Gasteiger charge is -2.10. The zero-order valence-corrected chi connectivity index (χ0v) is 11.4. The molecule has 1 rings (SSSR count). The third-order valence-electron chi connectivity index (χ3n) is 2.59. The Morgan fingerprint density at radius 1 is 1.44 bits per heavy atom. The van der Waals surface area contributed by atoms with Gasteiger partial charge in [0, 0.05) is 11.8 Å². The van der Waals surface area contributed by atoms with E-state index >= 15 is 0 Å². The van der Waals surface area contributed by atoms with Gasteiger partial charge in [0.1, 0.15) is 16.2 Å². The number of aliphatic hydroxyl groups is 1. The number of sulfone groups is 1. The lowest BCUT2D eigenvalue weighted by Crippen LogP contribution is -2.10. The molecule has 6 nitrogen and oxygen atoms in total. The van der Waals surface area contributed by atoms with Crippen molar-refractivity contribution >= 4 is 9.84 Å². The van der Waals surface area contributed by atoms with Gasteiger partial charge in [-0.25, -0.2) is 18.4 Å². The maximum atomic E-state index is 11.3. The minimum Gasteiger partial charge on any atom is -0.481 e. The quantitative estimate of drug-likeness (QED) is 0.788. The summed E-state index contributed by atoms with van der Waals surface area (Å²) in [5.74, 6) is 0.591. The van der Waals surface area contributed by atoms with Gasteiger partial charge in [-0.2, -0.15) is 0 Å². The van der Waals surface area contributed by atoms with Gasteiger partial charge in [-0.1, -0.05) is 6.92 Å². The fourth-order valence-electron chi connectivity index (χ4n) is 1.44. The van der Waals surface area contributed by atoms with Crippen molar-refractivity contribution < 1.29 is 18.3 Å². The molecule has 1 heterocycles. The van der Waals surface area contributed by atoms with Gasteiger partial charge in [0.2, 0.25) is 5.88 Å². The molecule has 1 aromatic rings. The molecular weight excluding hydrogens is 256 g/mol. The molecule has 0 spiro atoms. The summed E-state index contributed by atoms with van der Waals surface area (Å²) in [7, 11) is -1.50. The van der Waals surface area contributed by atoms with Crippen molar-refractivity contribution in [3.8, 4) is 5.88 Å². The van der Waals surface area contributed by atoms with E-state index < -0.39 is 15.9 Å². The number of hydrogen-bond acceptors (Lipinski definition) is 6. The third-order valence-corrected chi connectivity index (χ3v) is 4.38. The molecule has 1 unspecified atom stereocenters. The molecule has 0 radical (unpaired) electrons. The van der Waals surface area contributed by atoms with Gasteiger partial charge in [0.05, 0.1) is 24.7 Å². The van der Waals surface area contributed by atoms with Crippen LogP contribution in [0.25, 0.3) is 0 Å². The second-order valence-electron chi connectivity index (χ2n) is 3.88. The maximum absolute atomic E-state index is 11.3. The van der Waals surface area contributed by atoms with Gasteiger partial charge in [-0.05, 0) is 12.8 Å². The van der Waals surface area contributed by atoms with E-state index in [9.17, 15) is 13.5 Å². The number of rotatable bonds is 7. The minimum absolute atomic E-state index is 0.0861. The predicted molar refractivity (Wildman–Crippen MR) is 67.1 cm³/mol. The zero-order valence-electron chi connectivity index (χ0n) is 10.5. The number of methoxy groups -OCH3 is 1. The summed E-state index contributed by atoms with van der Waals surface area (Å²) in [5, 5.41) is 9.87. The highest BCUT2D eigenvalue weighted by Gasteiger charge is 2.13. The second kappa shape index (κ2) is 6.65. The van der Waals surface area contributed by atoms with Crippen molar-refractivity contribution in [1.29, 1.82) is 0 Å². The van der Waals surface area contributed by atoms with Crippen LogP contribution in [-0.4, -0.2) is 42.1 Å². The standard InChI is InChI=1S/C11H18N2O4S/c1-3-18(15,16)6-4-5-10(14)9-7-11(17-2)13-8-12-9/h7-8,10,14H,3-6H2,1-2H3. The minimum atomic E-state index is -2.98. The van der Waals surface area contributed by atoms with E-state index in [2.05, 4.69) is 9.97 Å². The molecule has 7 heteroatoms. The van der Waals surface area contributed by atoms with E-state index in [1.54, 1.807) is 13.0 Å². The first kappa shape index (κ1) is 14.8. The second-order valence-corrected chi connectivity index (χ2v) is 6.35. The van der Waals surface area contributed by atoms with Crippen LogP contribution in [0, 0.1) is 0 Å². The monoisotopic (exact) mass is 274 g/mol.